The maximum atomic E-state index is 5.43. The lowest BCUT2D eigenvalue weighted by atomic mass is 10.1. The molecule has 0 aromatic heterocycles. The van der Waals surface area contributed by atoms with Gasteiger partial charge in [0.2, 0.25) is 0 Å². The maximum absolute atomic E-state index is 5.43. The second-order valence-corrected chi connectivity index (χ2v) is 3.37. The Morgan fingerprint density at radius 1 is 1.27 bits per heavy atom. The Morgan fingerprint density at radius 3 is 2.36 bits per heavy atom. The predicted molar refractivity (Wildman–Crippen MR) is 48.8 cm³/mol. The molecule has 0 aromatic rings. The van der Waals surface area contributed by atoms with Crippen molar-refractivity contribution in [3.8, 4) is 0 Å². The van der Waals surface area contributed by atoms with Crippen LogP contribution in [0.15, 0.2) is 0 Å². The van der Waals surface area contributed by atoms with E-state index >= 15 is 0 Å². The molecule has 0 aromatic carbocycles. The predicted octanol–water partition coefficient (Wildman–Crippen LogP) is 1.66. The first-order valence-electron chi connectivity index (χ1n) is 4.43. The third-order valence-electron chi connectivity index (χ3n) is 1.61. The number of hydrogen-bond acceptors (Lipinski definition) is 2. The van der Waals surface area contributed by atoms with Crippen LogP contribution in [0.3, 0.4) is 0 Å². The molecule has 0 radical (unpaired) electrons. The van der Waals surface area contributed by atoms with Crippen molar-refractivity contribution < 1.29 is 4.74 Å². The highest BCUT2D eigenvalue weighted by atomic mass is 16.5. The molecule has 0 aliphatic heterocycles. The number of ether oxygens (including phenoxy) is 1. The topological polar surface area (TPSA) is 21.3 Å². The summed E-state index contributed by atoms with van der Waals surface area (Å²) in [4.78, 5) is 0. The standard InChI is InChI=1S/C9H21NO/c1-8(2)11-6-5-9(3)7-10-4/h8-10H,5-7H2,1-4H3. The van der Waals surface area contributed by atoms with E-state index in [1.807, 2.05) is 7.05 Å². The number of rotatable bonds is 6. The average molecular weight is 159 g/mol. The molecule has 0 saturated carbocycles. The number of hydrogen-bond donors (Lipinski definition) is 1. The van der Waals surface area contributed by atoms with Crippen LogP contribution in [0, 0.1) is 5.92 Å². The Kier molecular flexibility index (Phi) is 6.57. The minimum absolute atomic E-state index is 0.372. The molecule has 0 rings (SSSR count). The Labute approximate surface area is 70.3 Å². The summed E-state index contributed by atoms with van der Waals surface area (Å²) in [5.41, 5.74) is 0. The Bertz CT molecular complexity index is 83.6. The van der Waals surface area contributed by atoms with E-state index in [0.29, 0.717) is 6.10 Å². The molecule has 11 heavy (non-hydrogen) atoms. The first-order chi connectivity index (χ1) is 5.16. The second-order valence-electron chi connectivity index (χ2n) is 3.37. The molecule has 1 atom stereocenters. The van der Waals surface area contributed by atoms with E-state index in [1.54, 1.807) is 0 Å². The van der Waals surface area contributed by atoms with Gasteiger partial charge >= 0.3 is 0 Å². The van der Waals surface area contributed by atoms with Crippen molar-refractivity contribution in [2.75, 3.05) is 20.2 Å². The van der Waals surface area contributed by atoms with Crippen LogP contribution < -0.4 is 5.32 Å². The first kappa shape index (κ1) is 10.9. The molecular formula is C9H21NO. The van der Waals surface area contributed by atoms with E-state index in [0.717, 1.165) is 25.5 Å². The molecular weight excluding hydrogens is 138 g/mol. The van der Waals surface area contributed by atoms with E-state index in [9.17, 15) is 0 Å². The summed E-state index contributed by atoms with van der Waals surface area (Å²) >= 11 is 0. The van der Waals surface area contributed by atoms with Crippen molar-refractivity contribution in [2.45, 2.75) is 33.3 Å². The maximum Gasteiger partial charge on any atom is 0.0518 e. The second kappa shape index (κ2) is 6.62. The van der Waals surface area contributed by atoms with Crippen LogP contribution in [0.5, 0.6) is 0 Å². The summed E-state index contributed by atoms with van der Waals surface area (Å²) in [5, 5.41) is 3.15. The highest BCUT2D eigenvalue weighted by molar-refractivity contribution is 4.54. The van der Waals surface area contributed by atoms with Gasteiger partial charge in [-0.15, -0.1) is 0 Å². The van der Waals surface area contributed by atoms with Crippen LogP contribution in [0.25, 0.3) is 0 Å². The lowest BCUT2D eigenvalue weighted by Gasteiger charge is -2.12. The lowest BCUT2D eigenvalue weighted by Crippen LogP contribution is -2.18. The first-order valence-corrected chi connectivity index (χ1v) is 4.43. The van der Waals surface area contributed by atoms with Crippen molar-refractivity contribution >= 4 is 0 Å². The fraction of sp³-hybridized carbons (Fsp3) is 1.00. The normalized spacial score (nSPS) is 13.9. The van der Waals surface area contributed by atoms with Crippen LogP contribution in [-0.4, -0.2) is 26.3 Å². The summed E-state index contributed by atoms with van der Waals surface area (Å²) in [5.74, 6) is 0.721. The van der Waals surface area contributed by atoms with Crippen molar-refractivity contribution in [3.63, 3.8) is 0 Å². The SMILES string of the molecule is CNCC(C)CCOC(C)C. The Hall–Kier alpha value is -0.0800. The molecule has 0 heterocycles. The van der Waals surface area contributed by atoms with Crippen molar-refractivity contribution in [1.29, 1.82) is 0 Å². The Morgan fingerprint density at radius 2 is 1.91 bits per heavy atom. The third kappa shape index (κ3) is 7.82. The van der Waals surface area contributed by atoms with E-state index in [-0.39, 0.29) is 0 Å². The van der Waals surface area contributed by atoms with E-state index < -0.39 is 0 Å². The molecule has 0 bridgehead atoms. The minimum Gasteiger partial charge on any atom is -0.379 e. The van der Waals surface area contributed by atoms with Gasteiger partial charge in [0.05, 0.1) is 6.10 Å². The van der Waals surface area contributed by atoms with Gasteiger partial charge in [-0.2, -0.15) is 0 Å². The van der Waals surface area contributed by atoms with Gasteiger partial charge < -0.3 is 10.1 Å². The van der Waals surface area contributed by atoms with Crippen LogP contribution in [0.1, 0.15) is 27.2 Å². The molecule has 2 heteroatoms. The molecule has 68 valence electrons. The smallest absolute Gasteiger partial charge is 0.0518 e. The monoisotopic (exact) mass is 159 g/mol. The van der Waals surface area contributed by atoms with Crippen LogP contribution in [0.4, 0.5) is 0 Å². The zero-order valence-corrected chi connectivity index (χ0v) is 8.18. The van der Waals surface area contributed by atoms with Gasteiger partial charge in [-0.25, -0.2) is 0 Å². The van der Waals surface area contributed by atoms with E-state index in [2.05, 4.69) is 26.1 Å². The molecule has 0 saturated heterocycles. The lowest BCUT2D eigenvalue weighted by molar-refractivity contribution is 0.0698. The summed E-state index contributed by atoms with van der Waals surface area (Å²) in [6.45, 7) is 8.35. The summed E-state index contributed by atoms with van der Waals surface area (Å²) in [6.07, 6.45) is 1.52. The molecule has 2 nitrogen and oxygen atoms in total. The highest BCUT2D eigenvalue weighted by Gasteiger charge is 2.00. The van der Waals surface area contributed by atoms with Gasteiger partial charge in [0.1, 0.15) is 0 Å². The minimum atomic E-state index is 0.372. The highest BCUT2D eigenvalue weighted by Crippen LogP contribution is 2.01. The van der Waals surface area contributed by atoms with Crippen molar-refractivity contribution in [3.05, 3.63) is 0 Å². The molecule has 0 amide bonds. The van der Waals surface area contributed by atoms with Gasteiger partial charge in [0.25, 0.3) is 0 Å². The number of nitrogens with one attached hydrogen (secondary N) is 1. The van der Waals surface area contributed by atoms with Crippen molar-refractivity contribution in [1.82, 2.24) is 5.32 Å². The van der Waals surface area contributed by atoms with Crippen molar-refractivity contribution in [2.24, 2.45) is 5.92 Å². The molecule has 0 fully saturated rings. The quantitative estimate of drug-likeness (QED) is 0.636. The van der Waals surface area contributed by atoms with Crippen LogP contribution >= 0.6 is 0 Å². The zero-order chi connectivity index (χ0) is 8.69. The van der Waals surface area contributed by atoms with E-state index in [4.69, 9.17) is 4.74 Å². The zero-order valence-electron chi connectivity index (χ0n) is 8.18. The fourth-order valence-corrected chi connectivity index (χ4v) is 0.955. The van der Waals surface area contributed by atoms with Crippen LogP contribution in [-0.2, 0) is 4.74 Å². The summed E-state index contributed by atoms with van der Waals surface area (Å²) in [7, 11) is 1.99. The van der Waals surface area contributed by atoms with E-state index in [1.165, 1.54) is 0 Å². The summed E-state index contributed by atoms with van der Waals surface area (Å²) < 4.78 is 5.43. The molecule has 0 aliphatic carbocycles. The summed E-state index contributed by atoms with van der Waals surface area (Å²) in [6, 6.07) is 0. The molecule has 0 aliphatic rings. The molecule has 0 spiro atoms. The fourth-order valence-electron chi connectivity index (χ4n) is 0.955. The molecule has 1 N–H and O–H groups in total. The molecule has 1 unspecified atom stereocenters. The third-order valence-corrected chi connectivity index (χ3v) is 1.61. The average Bonchev–Trinajstić information content (AvgIpc) is 1.87. The largest absolute Gasteiger partial charge is 0.379 e. The van der Waals surface area contributed by atoms with Crippen LogP contribution in [0.2, 0.25) is 0 Å². The van der Waals surface area contributed by atoms with Gasteiger partial charge in [0, 0.05) is 6.61 Å². The van der Waals surface area contributed by atoms with Gasteiger partial charge in [-0.1, -0.05) is 6.92 Å². The van der Waals surface area contributed by atoms with Gasteiger partial charge in [-0.3, -0.25) is 0 Å². The Balaban J connectivity index is 3.10. The van der Waals surface area contributed by atoms with Gasteiger partial charge in [0.15, 0.2) is 0 Å². The van der Waals surface area contributed by atoms with Gasteiger partial charge in [-0.05, 0) is 39.8 Å².